The summed E-state index contributed by atoms with van der Waals surface area (Å²) in [4.78, 5) is 27.5. The smallest absolute Gasteiger partial charge is 0.332 e. The van der Waals surface area contributed by atoms with Crippen LogP contribution in [0.15, 0.2) is 12.5 Å². The average Bonchev–Trinajstić information content (AvgIpc) is 2.75. The molecule has 0 aliphatic heterocycles. The highest BCUT2D eigenvalue weighted by Crippen LogP contribution is 2.20. The molecule has 0 aliphatic rings. The Morgan fingerprint density at radius 2 is 2.35 bits per heavy atom. The minimum absolute atomic E-state index is 0.412. The molecule has 1 rings (SSSR count). The number of carbonyl (C=O) groups excluding carboxylic acids is 1. The molecule has 1 amide bonds. The number of rotatable bonds is 7. The van der Waals surface area contributed by atoms with E-state index in [1.165, 1.54) is 11.1 Å². The second-order valence-corrected chi connectivity index (χ2v) is 3.69. The molecule has 17 heavy (non-hydrogen) atoms. The summed E-state index contributed by atoms with van der Waals surface area (Å²) in [5.41, 5.74) is 0.528. The summed E-state index contributed by atoms with van der Waals surface area (Å²) in [5.74, 6) is -1.04. The number of carboxylic acid groups (broad SMARTS) is 1. The normalized spacial score (nSPS) is 12.1. The van der Waals surface area contributed by atoms with E-state index in [1.807, 2.05) is 13.8 Å². The van der Waals surface area contributed by atoms with E-state index in [0.29, 0.717) is 31.6 Å². The van der Waals surface area contributed by atoms with Crippen LogP contribution < -0.4 is 0 Å². The fraction of sp³-hybridized carbons (Fsp3) is 0.545. The molecule has 0 saturated heterocycles. The van der Waals surface area contributed by atoms with Crippen LogP contribution in [-0.4, -0.2) is 38.5 Å². The van der Waals surface area contributed by atoms with Crippen LogP contribution >= 0.6 is 0 Å². The van der Waals surface area contributed by atoms with Gasteiger partial charge in [-0.2, -0.15) is 0 Å². The Morgan fingerprint density at radius 1 is 1.65 bits per heavy atom. The van der Waals surface area contributed by atoms with Gasteiger partial charge < -0.3 is 14.6 Å². The highest BCUT2D eigenvalue weighted by Gasteiger charge is 2.28. The summed E-state index contributed by atoms with van der Waals surface area (Å²) < 4.78 is 1.73. The van der Waals surface area contributed by atoms with E-state index < -0.39 is 12.0 Å². The molecule has 6 nitrogen and oxygen atoms in total. The molecule has 1 atom stereocenters. The van der Waals surface area contributed by atoms with Crippen LogP contribution in [0.2, 0.25) is 0 Å². The first kappa shape index (κ1) is 13.2. The van der Waals surface area contributed by atoms with Gasteiger partial charge in [-0.05, 0) is 13.3 Å². The van der Waals surface area contributed by atoms with Crippen molar-refractivity contribution in [2.45, 2.75) is 32.9 Å². The SMILES string of the molecule is CCCN(C=O)C(C(=O)O)c1cncn1CC. The highest BCUT2D eigenvalue weighted by atomic mass is 16.4. The Kier molecular flexibility index (Phi) is 4.68. The standard InChI is InChI=1S/C11H17N3O3/c1-3-5-14(8-15)10(11(16)17)9-6-12-7-13(9)4-2/h6-8,10H,3-5H2,1-2H3,(H,16,17). The number of carbonyl (C=O) groups is 2. The summed E-state index contributed by atoms with van der Waals surface area (Å²) >= 11 is 0. The van der Waals surface area contributed by atoms with E-state index in [2.05, 4.69) is 4.98 Å². The van der Waals surface area contributed by atoms with Gasteiger partial charge in [0.05, 0.1) is 18.2 Å². The molecular formula is C11H17N3O3. The number of imidazole rings is 1. The maximum Gasteiger partial charge on any atom is 0.332 e. The number of nitrogens with zero attached hydrogens (tertiary/aromatic N) is 3. The molecule has 94 valence electrons. The first-order valence-electron chi connectivity index (χ1n) is 5.59. The molecule has 1 aromatic heterocycles. The molecular weight excluding hydrogens is 222 g/mol. The van der Waals surface area contributed by atoms with Crippen molar-refractivity contribution >= 4 is 12.4 Å². The van der Waals surface area contributed by atoms with Crippen molar-refractivity contribution in [3.63, 3.8) is 0 Å². The Balaban J connectivity index is 3.07. The fourth-order valence-electron chi connectivity index (χ4n) is 1.76. The summed E-state index contributed by atoms with van der Waals surface area (Å²) in [6.45, 7) is 4.83. The predicted molar refractivity (Wildman–Crippen MR) is 61.3 cm³/mol. The Morgan fingerprint density at radius 3 is 2.82 bits per heavy atom. The van der Waals surface area contributed by atoms with Crippen molar-refractivity contribution in [2.75, 3.05) is 6.54 Å². The van der Waals surface area contributed by atoms with Crippen LogP contribution in [0.1, 0.15) is 32.0 Å². The zero-order chi connectivity index (χ0) is 12.8. The largest absolute Gasteiger partial charge is 0.479 e. The van der Waals surface area contributed by atoms with Gasteiger partial charge in [-0.3, -0.25) is 4.79 Å². The second-order valence-electron chi connectivity index (χ2n) is 3.69. The number of hydrogen-bond donors (Lipinski definition) is 1. The number of aliphatic carboxylic acids is 1. The first-order valence-corrected chi connectivity index (χ1v) is 5.59. The number of carboxylic acids is 1. The first-order chi connectivity index (χ1) is 8.15. The number of amides is 1. The lowest BCUT2D eigenvalue weighted by Crippen LogP contribution is -2.35. The van der Waals surface area contributed by atoms with Gasteiger partial charge in [-0.25, -0.2) is 9.78 Å². The summed E-state index contributed by atoms with van der Waals surface area (Å²) in [7, 11) is 0. The highest BCUT2D eigenvalue weighted by molar-refractivity contribution is 5.77. The predicted octanol–water partition coefficient (Wildman–Crippen LogP) is 0.897. The van der Waals surface area contributed by atoms with Crippen LogP contribution in [0.4, 0.5) is 0 Å². The van der Waals surface area contributed by atoms with Crippen molar-refractivity contribution in [3.05, 3.63) is 18.2 Å². The van der Waals surface area contributed by atoms with Crippen molar-refractivity contribution in [1.29, 1.82) is 0 Å². The number of aromatic nitrogens is 2. The molecule has 1 N–H and O–H groups in total. The topological polar surface area (TPSA) is 75.4 Å². The summed E-state index contributed by atoms with van der Waals surface area (Å²) in [5, 5.41) is 9.25. The summed E-state index contributed by atoms with van der Waals surface area (Å²) in [6.07, 6.45) is 4.35. The minimum atomic E-state index is -1.04. The molecule has 0 radical (unpaired) electrons. The van der Waals surface area contributed by atoms with E-state index in [9.17, 15) is 14.7 Å². The van der Waals surface area contributed by atoms with Gasteiger partial charge in [-0.15, -0.1) is 0 Å². The zero-order valence-corrected chi connectivity index (χ0v) is 10.0. The van der Waals surface area contributed by atoms with Gasteiger partial charge in [0.25, 0.3) is 0 Å². The van der Waals surface area contributed by atoms with E-state index in [0.717, 1.165) is 0 Å². The molecule has 1 aromatic rings. The van der Waals surface area contributed by atoms with Gasteiger partial charge in [-0.1, -0.05) is 6.92 Å². The van der Waals surface area contributed by atoms with Crippen molar-refractivity contribution in [2.24, 2.45) is 0 Å². The van der Waals surface area contributed by atoms with Gasteiger partial charge in [0.15, 0.2) is 6.04 Å². The van der Waals surface area contributed by atoms with E-state index in [1.54, 1.807) is 10.9 Å². The van der Waals surface area contributed by atoms with Crippen molar-refractivity contribution in [1.82, 2.24) is 14.5 Å². The van der Waals surface area contributed by atoms with Crippen LogP contribution in [-0.2, 0) is 16.1 Å². The maximum atomic E-state index is 11.3. The van der Waals surface area contributed by atoms with Crippen LogP contribution in [0.25, 0.3) is 0 Å². The molecule has 1 heterocycles. The average molecular weight is 239 g/mol. The molecule has 6 heteroatoms. The molecule has 0 fully saturated rings. The van der Waals surface area contributed by atoms with Crippen molar-refractivity contribution < 1.29 is 14.7 Å². The lowest BCUT2D eigenvalue weighted by molar-refractivity contribution is -0.147. The lowest BCUT2D eigenvalue weighted by atomic mass is 10.2. The van der Waals surface area contributed by atoms with Crippen LogP contribution in [0.3, 0.4) is 0 Å². The summed E-state index contributed by atoms with van der Waals surface area (Å²) in [6, 6.07) is -0.963. The Bertz CT molecular complexity index is 389. The zero-order valence-electron chi connectivity index (χ0n) is 10.0. The van der Waals surface area contributed by atoms with E-state index in [-0.39, 0.29) is 0 Å². The Hall–Kier alpha value is -1.85. The quantitative estimate of drug-likeness (QED) is 0.717. The third kappa shape index (κ3) is 2.83. The van der Waals surface area contributed by atoms with E-state index in [4.69, 9.17) is 0 Å². The molecule has 0 bridgehead atoms. The van der Waals surface area contributed by atoms with E-state index >= 15 is 0 Å². The number of hydrogen-bond acceptors (Lipinski definition) is 3. The van der Waals surface area contributed by atoms with Gasteiger partial charge in [0.1, 0.15) is 0 Å². The van der Waals surface area contributed by atoms with Gasteiger partial charge in [0, 0.05) is 13.1 Å². The van der Waals surface area contributed by atoms with Gasteiger partial charge >= 0.3 is 5.97 Å². The monoisotopic (exact) mass is 239 g/mol. The van der Waals surface area contributed by atoms with Crippen molar-refractivity contribution in [3.8, 4) is 0 Å². The molecule has 0 spiro atoms. The Labute approximate surface area is 99.9 Å². The maximum absolute atomic E-state index is 11.3. The fourth-order valence-corrected chi connectivity index (χ4v) is 1.76. The van der Waals surface area contributed by atoms with Gasteiger partial charge in [0.2, 0.25) is 6.41 Å². The lowest BCUT2D eigenvalue weighted by Gasteiger charge is -2.25. The molecule has 0 aromatic carbocycles. The van der Waals surface area contributed by atoms with Crippen LogP contribution in [0, 0.1) is 0 Å². The molecule has 0 saturated carbocycles. The molecule has 0 aliphatic carbocycles. The second kappa shape index (κ2) is 6.03. The number of aryl methyl sites for hydroxylation is 1. The minimum Gasteiger partial charge on any atom is -0.479 e. The third-order valence-corrected chi connectivity index (χ3v) is 2.55. The van der Waals surface area contributed by atoms with Crippen LogP contribution in [0.5, 0.6) is 0 Å². The third-order valence-electron chi connectivity index (χ3n) is 2.55. The molecule has 1 unspecified atom stereocenters.